The van der Waals surface area contributed by atoms with Gasteiger partial charge in [0.15, 0.2) is 0 Å². The van der Waals surface area contributed by atoms with Crippen LogP contribution in [-0.4, -0.2) is 29.0 Å². The molecule has 4 nitrogen and oxygen atoms in total. The van der Waals surface area contributed by atoms with E-state index in [9.17, 15) is 15.3 Å². The Morgan fingerprint density at radius 2 is 1.72 bits per heavy atom. The summed E-state index contributed by atoms with van der Waals surface area (Å²) in [4.78, 5) is 0. The third-order valence-electron chi connectivity index (χ3n) is 3.89. The second kappa shape index (κ2) is 9.82. The van der Waals surface area contributed by atoms with Crippen LogP contribution in [0.15, 0.2) is 72.0 Å². The molecule has 0 aliphatic carbocycles. The highest BCUT2D eigenvalue weighted by atomic mass is 16.5. The Labute approximate surface area is 148 Å². The normalized spacial score (nSPS) is 12.9. The molecule has 2 aromatic rings. The Bertz CT molecular complexity index is 718. The average Bonchev–Trinajstić information content (AvgIpc) is 2.62. The standard InChI is InChI=1S/C21H24O4/c1-25-15-16(14-21(24)17-9-3-2-4-10-17)8-7-13-20(23)18-11-5-6-12-19(18)22/h2-7,9-12,20-24H,13-15H2,1H3/t8?,20-,21-/m1/s1. The van der Waals surface area contributed by atoms with E-state index in [1.165, 1.54) is 0 Å². The number of hydrogen-bond acceptors (Lipinski definition) is 4. The van der Waals surface area contributed by atoms with Crippen LogP contribution >= 0.6 is 0 Å². The number of para-hydroxylation sites is 1. The lowest BCUT2D eigenvalue weighted by Gasteiger charge is -2.12. The molecule has 0 heterocycles. The molecule has 0 bridgehead atoms. The Hall–Kier alpha value is -2.36. The number of phenolic OH excluding ortho intramolecular Hbond substituents is 1. The van der Waals surface area contributed by atoms with Gasteiger partial charge in [0, 0.05) is 25.5 Å². The minimum absolute atomic E-state index is 0.0731. The number of aromatic hydroxyl groups is 1. The SMILES string of the molecule is COCC(=C=CC[C@@H](O)c1ccccc1O)C[C@@H](O)c1ccccc1. The number of rotatable bonds is 8. The van der Waals surface area contributed by atoms with Crippen LogP contribution < -0.4 is 0 Å². The zero-order chi connectivity index (χ0) is 18.1. The second-order valence-electron chi connectivity index (χ2n) is 5.83. The van der Waals surface area contributed by atoms with Crippen molar-refractivity contribution in [3.8, 4) is 5.75 Å². The first-order chi connectivity index (χ1) is 12.1. The summed E-state index contributed by atoms with van der Waals surface area (Å²) in [5.74, 6) is 0.0731. The van der Waals surface area contributed by atoms with Crippen LogP contribution in [0.4, 0.5) is 0 Å². The fourth-order valence-corrected chi connectivity index (χ4v) is 2.57. The maximum absolute atomic E-state index is 10.3. The van der Waals surface area contributed by atoms with Gasteiger partial charge < -0.3 is 20.1 Å². The Morgan fingerprint density at radius 3 is 2.40 bits per heavy atom. The highest BCUT2D eigenvalue weighted by Gasteiger charge is 2.11. The summed E-state index contributed by atoms with van der Waals surface area (Å²) in [5, 5.41) is 30.3. The molecule has 0 fully saturated rings. The van der Waals surface area contributed by atoms with Gasteiger partial charge in [-0.15, -0.1) is 5.73 Å². The first kappa shape index (κ1) is 19.0. The lowest BCUT2D eigenvalue weighted by molar-refractivity contribution is 0.164. The molecule has 0 radical (unpaired) electrons. The molecule has 0 saturated heterocycles. The van der Waals surface area contributed by atoms with Gasteiger partial charge in [0.2, 0.25) is 0 Å². The molecule has 4 heteroatoms. The van der Waals surface area contributed by atoms with Crippen LogP contribution in [0, 0.1) is 0 Å². The zero-order valence-electron chi connectivity index (χ0n) is 14.3. The largest absolute Gasteiger partial charge is 0.508 e. The van der Waals surface area contributed by atoms with Crippen LogP contribution in [0.2, 0.25) is 0 Å². The molecule has 0 spiro atoms. The van der Waals surface area contributed by atoms with Crippen molar-refractivity contribution in [1.82, 2.24) is 0 Å². The molecule has 3 N–H and O–H groups in total. The number of hydrogen-bond donors (Lipinski definition) is 3. The number of phenols is 1. The Balaban J connectivity index is 2.05. The van der Waals surface area contributed by atoms with E-state index >= 15 is 0 Å². The topological polar surface area (TPSA) is 69.9 Å². The lowest BCUT2D eigenvalue weighted by Crippen LogP contribution is -2.02. The van der Waals surface area contributed by atoms with Gasteiger partial charge in [0.05, 0.1) is 18.8 Å². The van der Waals surface area contributed by atoms with Gasteiger partial charge in [0.25, 0.3) is 0 Å². The molecule has 2 atom stereocenters. The predicted octanol–water partition coefficient (Wildman–Crippen LogP) is 3.67. The lowest BCUT2D eigenvalue weighted by atomic mass is 10.0. The average molecular weight is 340 g/mol. The molecule has 2 rings (SSSR count). The Kier molecular flexibility index (Phi) is 7.45. The fourth-order valence-electron chi connectivity index (χ4n) is 2.57. The predicted molar refractivity (Wildman–Crippen MR) is 97.2 cm³/mol. The van der Waals surface area contributed by atoms with E-state index in [0.29, 0.717) is 25.0 Å². The number of ether oxygens (including phenoxy) is 1. The number of methoxy groups -OCH3 is 1. The molecule has 0 aromatic heterocycles. The molecule has 25 heavy (non-hydrogen) atoms. The molecular weight excluding hydrogens is 316 g/mol. The van der Waals surface area contributed by atoms with Gasteiger partial charge >= 0.3 is 0 Å². The van der Waals surface area contributed by atoms with Crippen molar-refractivity contribution in [1.29, 1.82) is 0 Å². The molecule has 0 amide bonds. The number of benzene rings is 2. The van der Waals surface area contributed by atoms with Crippen LogP contribution in [0.1, 0.15) is 36.2 Å². The van der Waals surface area contributed by atoms with Crippen LogP contribution in [-0.2, 0) is 4.74 Å². The molecular formula is C21H24O4. The second-order valence-corrected chi connectivity index (χ2v) is 5.83. The van der Waals surface area contributed by atoms with E-state index < -0.39 is 12.2 Å². The van der Waals surface area contributed by atoms with Gasteiger partial charge in [-0.05, 0) is 23.3 Å². The third-order valence-corrected chi connectivity index (χ3v) is 3.89. The van der Waals surface area contributed by atoms with Gasteiger partial charge in [-0.1, -0.05) is 48.5 Å². The van der Waals surface area contributed by atoms with E-state index in [4.69, 9.17) is 4.74 Å². The smallest absolute Gasteiger partial charge is 0.121 e. The Morgan fingerprint density at radius 1 is 1.04 bits per heavy atom. The molecule has 0 aliphatic rings. The van der Waals surface area contributed by atoms with Crippen LogP contribution in [0.5, 0.6) is 5.75 Å². The minimum Gasteiger partial charge on any atom is -0.508 e. The van der Waals surface area contributed by atoms with Crippen LogP contribution in [0.25, 0.3) is 0 Å². The van der Waals surface area contributed by atoms with Gasteiger partial charge in [-0.2, -0.15) is 0 Å². The van der Waals surface area contributed by atoms with Crippen molar-refractivity contribution in [3.63, 3.8) is 0 Å². The van der Waals surface area contributed by atoms with Crippen LogP contribution in [0.3, 0.4) is 0 Å². The third kappa shape index (κ3) is 5.89. The van der Waals surface area contributed by atoms with Crippen molar-refractivity contribution >= 4 is 0 Å². The summed E-state index contributed by atoms with van der Waals surface area (Å²) in [6.07, 6.45) is 0.989. The van der Waals surface area contributed by atoms with E-state index in [1.54, 1.807) is 37.5 Å². The molecule has 0 aliphatic heterocycles. The summed E-state index contributed by atoms with van der Waals surface area (Å²) >= 11 is 0. The maximum Gasteiger partial charge on any atom is 0.121 e. The number of aliphatic hydroxyl groups is 2. The van der Waals surface area contributed by atoms with E-state index in [0.717, 1.165) is 11.1 Å². The zero-order valence-corrected chi connectivity index (χ0v) is 14.3. The summed E-state index contributed by atoms with van der Waals surface area (Å²) < 4.78 is 5.17. The monoisotopic (exact) mass is 340 g/mol. The molecule has 0 saturated carbocycles. The molecule has 2 aromatic carbocycles. The fraction of sp³-hybridized carbons (Fsp3) is 0.286. The van der Waals surface area contributed by atoms with Crippen molar-refractivity contribution < 1.29 is 20.1 Å². The minimum atomic E-state index is -0.809. The van der Waals surface area contributed by atoms with E-state index in [1.807, 2.05) is 30.3 Å². The first-order valence-corrected chi connectivity index (χ1v) is 8.22. The highest BCUT2D eigenvalue weighted by molar-refractivity contribution is 5.33. The van der Waals surface area contributed by atoms with Crippen molar-refractivity contribution in [2.75, 3.05) is 13.7 Å². The first-order valence-electron chi connectivity index (χ1n) is 8.22. The molecule has 132 valence electrons. The summed E-state index contributed by atoms with van der Waals surface area (Å²) in [6, 6.07) is 16.1. The van der Waals surface area contributed by atoms with E-state index in [-0.39, 0.29) is 5.75 Å². The summed E-state index contributed by atoms with van der Waals surface area (Å²) in [5.41, 5.74) is 5.24. The van der Waals surface area contributed by atoms with Crippen molar-refractivity contribution in [2.45, 2.75) is 25.0 Å². The highest BCUT2D eigenvalue weighted by Crippen LogP contribution is 2.26. The summed E-state index contributed by atoms with van der Waals surface area (Å²) in [6.45, 7) is 0.354. The molecule has 0 unspecified atom stereocenters. The van der Waals surface area contributed by atoms with Crippen molar-refractivity contribution in [3.05, 3.63) is 83.1 Å². The van der Waals surface area contributed by atoms with Gasteiger partial charge in [-0.3, -0.25) is 0 Å². The van der Waals surface area contributed by atoms with E-state index in [2.05, 4.69) is 5.73 Å². The van der Waals surface area contributed by atoms with Gasteiger partial charge in [-0.25, -0.2) is 0 Å². The van der Waals surface area contributed by atoms with Gasteiger partial charge in [0.1, 0.15) is 5.75 Å². The quantitative estimate of drug-likeness (QED) is 0.641. The number of aliphatic hydroxyl groups excluding tert-OH is 2. The van der Waals surface area contributed by atoms with Crippen molar-refractivity contribution in [2.24, 2.45) is 0 Å². The maximum atomic E-state index is 10.3. The summed E-state index contributed by atoms with van der Waals surface area (Å²) in [7, 11) is 1.59.